The van der Waals surface area contributed by atoms with E-state index in [2.05, 4.69) is 0 Å². The van der Waals surface area contributed by atoms with Gasteiger partial charge in [-0.1, -0.05) is 30.3 Å². The Morgan fingerprint density at radius 2 is 1.91 bits per heavy atom. The molecule has 0 aromatic heterocycles. The molecule has 1 saturated heterocycles. The van der Waals surface area contributed by atoms with E-state index in [0.717, 1.165) is 12.0 Å². The summed E-state index contributed by atoms with van der Waals surface area (Å²) in [6, 6.07) is 9.94. The molecule has 1 aromatic carbocycles. The number of nitrogens with zero attached hydrogens (tertiary/aromatic N) is 1. The third kappa shape index (κ3) is 4.78. The molecule has 1 unspecified atom stereocenters. The van der Waals surface area contributed by atoms with E-state index in [9.17, 15) is 13.2 Å². The zero-order valence-corrected chi connectivity index (χ0v) is 14.8. The van der Waals surface area contributed by atoms with Gasteiger partial charge in [0.2, 0.25) is 5.91 Å². The molecule has 0 N–H and O–H groups in total. The Bertz CT molecular complexity index is 634. The molecule has 5 nitrogen and oxygen atoms in total. The zero-order chi connectivity index (χ0) is 17.1. The summed E-state index contributed by atoms with van der Waals surface area (Å²) in [7, 11) is -3.45. The van der Waals surface area contributed by atoms with E-state index >= 15 is 0 Å². The van der Waals surface area contributed by atoms with Gasteiger partial charge < -0.3 is 9.64 Å². The maximum Gasteiger partial charge on any atom is 0.237 e. The van der Waals surface area contributed by atoms with E-state index in [1.165, 1.54) is 0 Å². The summed E-state index contributed by atoms with van der Waals surface area (Å²) in [6.45, 7) is 6.18. The lowest BCUT2D eigenvalue weighted by Crippen LogP contribution is -2.49. The molecule has 0 aliphatic carbocycles. The third-order valence-electron chi connectivity index (χ3n) is 4.04. The Morgan fingerprint density at radius 1 is 1.26 bits per heavy atom. The largest absolute Gasteiger partial charge is 0.374 e. The lowest BCUT2D eigenvalue weighted by molar-refractivity contribution is -0.135. The average Bonchev–Trinajstić information content (AvgIpc) is 2.47. The Kier molecular flexibility index (Phi) is 5.47. The van der Waals surface area contributed by atoms with E-state index in [1.54, 1.807) is 25.7 Å². The minimum Gasteiger partial charge on any atom is -0.374 e. The Morgan fingerprint density at radius 3 is 2.52 bits per heavy atom. The normalized spacial score (nSPS) is 19.6. The second-order valence-electron chi connectivity index (χ2n) is 6.89. The minimum absolute atomic E-state index is 0.0903. The molecule has 1 aliphatic rings. The number of benzene rings is 1. The van der Waals surface area contributed by atoms with Gasteiger partial charge in [0.05, 0.1) is 17.5 Å². The number of morpholine rings is 1. The highest BCUT2D eigenvalue weighted by Crippen LogP contribution is 2.18. The van der Waals surface area contributed by atoms with Crippen LogP contribution in [0.2, 0.25) is 0 Å². The quantitative estimate of drug-likeness (QED) is 0.837. The molecule has 1 aliphatic heterocycles. The maximum atomic E-state index is 12.3. The van der Waals surface area contributed by atoms with Crippen molar-refractivity contribution < 1.29 is 17.9 Å². The van der Waals surface area contributed by atoms with Crippen molar-refractivity contribution in [2.75, 3.05) is 25.4 Å². The highest BCUT2D eigenvalue weighted by Gasteiger charge is 2.34. The van der Waals surface area contributed by atoms with Gasteiger partial charge in [-0.2, -0.15) is 0 Å². The summed E-state index contributed by atoms with van der Waals surface area (Å²) < 4.78 is 29.2. The molecule has 23 heavy (non-hydrogen) atoms. The smallest absolute Gasteiger partial charge is 0.237 e. The number of ether oxygens (including phenoxy) is 1. The topological polar surface area (TPSA) is 63.7 Å². The molecular weight excluding hydrogens is 314 g/mol. The summed E-state index contributed by atoms with van der Waals surface area (Å²) in [5, 5.41) is 0. The number of hydrogen-bond acceptors (Lipinski definition) is 4. The van der Waals surface area contributed by atoms with E-state index < -0.39 is 20.3 Å². The predicted molar refractivity (Wildman–Crippen MR) is 90.0 cm³/mol. The second kappa shape index (κ2) is 7.01. The summed E-state index contributed by atoms with van der Waals surface area (Å²) in [4.78, 5) is 14.0. The first-order valence-corrected chi connectivity index (χ1v) is 9.50. The minimum atomic E-state index is -3.45. The van der Waals surface area contributed by atoms with Crippen molar-refractivity contribution in [2.45, 2.75) is 38.0 Å². The van der Waals surface area contributed by atoms with Crippen LogP contribution in [0.1, 0.15) is 26.3 Å². The van der Waals surface area contributed by atoms with Crippen molar-refractivity contribution in [3.05, 3.63) is 35.9 Å². The summed E-state index contributed by atoms with van der Waals surface area (Å²) in [6.07, 6.45) is 0.629. The number of sulfone groups is 1. The highest BCUT2D eigenvalue weighted by atomic mass is 32.2. The molecule has 0 bridgehead atoms. The van der Waals surface area contributed by atoms with Crippen LogP contribution in [0.15, 0.2) is 30.3 Å². The molecule has 128 valence electrons. The molecule has 2 rings (SSSR count). The summed E-state index contributed by atoms with van der Waals surface area (Å²) in [5.41, 5.74) is 1.15. The van der Waals surface area contributed by atoms with Crippen LogP contribution in [-0.4, -0.2) is 55.5 Å². The van der Waals surface area contributed by atoms with Gasteiger partial charge in [0.15, 0.2) is 9.84 Å². The molecule has 1 heterocycles. The van der Waals surface area contributed by atoms with Gasteiger partial charge in [0.1, 0.15) is 5.75 Å². The lowest BCUT2D eigenvalue weighted by atomic mass is 10.1. The monoisotopic (exact) mass is 339 g/mol. The highest BCUT2D eigenvalue weighted by molar-refractivity contribution is 7.93. The van der Waals surface area contributed by atoms with Crippen molar-refractivity contribution in [3.63, 3.8) is 0 Å². The second-order valence-corrected chi connectivity index (χ2v) is 9.64. The Labute approximate surface area is 138 Å². The van der Waals surface area contributed by atoms with Gasteiger partial charge in [-0.05, 0) is 26.3 Å². The number of rotatable bonds is 4. The van der Waals surface area contributed by atoms with E-state index in [1.807, 2.05) is 30.3 Å². The summed E-state index contributed by atoms with van der Waals surface area (Å²) >= 11 is 0. The van der Waals surface area contributed by atoms with Gasteiger partial charge in [0, 0.05) is 19.5 Å². The fourth-order valence-electron chi connectivity index (χ4n) is 2.42. The van der Waals surface area contributed by atoms with Crippen molar-refractivity contribution in [1.82, 2.24) is 4.90 Å². The first-order valence-electron chi connectivity index (χ1n) is 7.84. The predicted octanol–water partition coefficient (Wildman–Crippen LogP) is 1.67. The number of hydrogen-bond donors (Lipinski definition) is 0. The van der Waals surface area contributed by atoms with Crippen LogP contribution >= 0.6 is 0 Å². The maximum absolute atomic E-state index is 12.3. The molecule has 0 radical (unpaired) electrons. The SMILES string of the molecule is CC(C)(C)S(=O)(=O)CC(=O)N1CCOC(Cc2ccccc2)C1. The van der Waals surface area contributed by atoms with Gasteiger partial charge in [-0.15, -0.1) is 0 Å². The van der Waals surface area contributed by atoms with Crippen LogP contribution in [-0.2, 0) is 25.8 Å². The molecule has 0 spiro atoms. The van der Waals surface area contributed by atoms with Gasteiger partial charge in [0.25, 0.3) is 0 Å². The molecular formula is C17H25NO4S. The van der Waals surface area contributed by atoms with E-state index in [4.69, 9.17) is 4.74 Å². The molecule has 1 aromatic rings. The zero-order valence-electron chi connectivity index (χ0n) is 14.0. The average molecular weight is 339 g/mol. The van der Waals surface area contributed by atoms with E-state index in [-0.39, 0.29) is 12.0 Å². The number of carbonyl (C=O) groups is 1. The van der Waals surface area contributed by atoms with Crippen LogP contribution < -0.4 is 0 Å². The van der Waals surface area contributed by atoms with Crippen molar-refractivity contribution in [1.29, 1.82) is 0 Å². The fourth-order valence-corrected chi connectivity index (χ4v) is 3.36. The van der Waals surface area contributed by atoms with Gasteiger partial charge in [-0.3, -0.25) is 4.79 Å². The van der Waals surface area contributed by atoms with Crippen molar-refractivity contribution in [3.8, 4) is 0 Å². The first-order chi connectivity index (χ1) is 10.7. The van der Waals surface area contributed by atoms with Crippen LogP contribution in [0.25, 0.3) is 0 Å². The molecule has 6 heteroatoms. The lowest BCUT2D eigenvalue weighted by Gasteiger charge is -2.33. The van der Waals surface area contributed by atoms with Gasteiger partial charge in [-0.25, -0.2) is 8.42 Å². The molecule has 0 saturated carbocycles. The van der Waals surface area contributed by atoms with Gasteiger partial charge >= 0.3 is 0 Å². The van der Waals surface area contributed by atoms with Crippen LogP contribution in [0.4, 0.5) is 0 Å². The molecule has 1 atom stereocenters. The fraction of sp³-hybridized carbons (Fsp3) is 0.588. The van der Waals surface area contributed by atoms with Crippen molar-refractivity contribution in [2.24, 2.45) is 0 Å². The first kappa shape index (κ1) is 17.9. The number of carbonyl (C=O) groups excluding carboxylic acids is 1. The third-order valence-corrected chi connectivity index (χ3v) is 6.54. The Hall–Kier alpha value is -1.40. The van der Waals surface area contributed by atoms with E-state index in [0.29, 0.717) is 19.7 Å². The summed E-state index contributed by atoms with van der Waals surface area (Å²) in [5.74, 6) is -0.768. The number of amides is 1. The van der Waals surface area contributed by atoms with Crippen LogP contribution in [0, 0.1) is 0 Å². The molecule has 1 fully saturated rings. The molecule has 1 amide bonds. The standard InChI is InChI=1S/C17H25NO4S/c1-17(2,3)23(20,21)13-16(19)18-9-10-22-15(12-18)11-14-7-5-4-6-8-14/h4-8,15H,9-13H2,1-3H3. The van der Waals surface area contributed by atoms with Crippen molar-refractivity contribution >= 4 is 15.7 Å². The Balaban J connectivity index is 1.97. The van der Waals surface area contributed by atoms with Crippen LogP contribution in [0.5, 0.6) is 0 Å². The van der Waals surface area contributed by atoms with Crippen LogP contribution in [0.3, 0.4) is 0 Å².